The molecule has 1 N–H and O–H groups in total. The molecule has 0 bridgehead atoms. The Morgan fingerprint density at radius 2 is 1.89 bits per heavy atom. The monoisotopic (exact) mass is 249 g/mol. The SMILES string of the molecule is CCCCCCC(NCC)c1ccccc1OC. The van der Waals surface area contributed by atoms with Gasteiger partial charge in [0.25, 0.3) is 0 Å². The zero-order valence-electron chi connectivity index (χ0n) is 12.0. The largest absolute Gasteiger partial charge is 0.496 e. The summed E-state index contributed by atoms with van der Waals surface area (Å²) in [6, 6.07) is 8.76. The molecule has 0 aliphatic heterocycles. The van der Waals surface area contributed by atoms with Crippen molar-refractivity contribution in [3.8, 4) is 5.75 Å². The molecule has 0 saturated carbocycles. The van der Waals surface area contributed by atoms with Gasteiger partial charge in [-0.25, -0.2) is 0 Å². The molecule has 2 heteroatoms. The third kappa shape index (κ3) is 4.69. The number of nitrogens with one attached hydrogen (secondary N) is 1. The predicted molar refractivity (Wildman–Crippen MR) is 78.2 cm³/mol. The van der Waals surface area contributed by atoms with Gasteiger partial charge in [-0.2, -0.15) is 0 Å². The van der Waals surface area contributed by atoms with Crippen LogP contribution in [0.4, 0.5) is 0 Å². The highest BCUT2D eigenvalue weighted by atomic mass is 16.5. The lowest BCUT2D eigenvalue weighted by Crippen LogP contribution is -2.21. The highest BCUT2D eigenvalue weighted by molar-refractivity contribution is 5.35. The lowest BCUT2D eigenvalue weighted by molar-refractivity contribution is 0.393. The van der Waals surface area contributed by atoms with Crippen LogP contribution in [0.25, 0.3) is 0 Å². The Kier molecular flexibility index (Phi) is 7.51. The minimum Gasteiger partial charge on any atom is -0.496 e. The molecule has 1 rings (SSSR count). The number of unbranched alkanes of at least 4 members (excludes halogenated alkanes) is 3. The minimum atomic E-state index is 0.419. The van der Waals surface area contributed by atoms with Crippen LogP contribution >= 0.6 is 0 Å². The lowest BCUT2D eigenvalue weighted by atomic mass is 9.99. The first-order chi connectivity index (χ1) is 8.83. The summed E-state index contributed by atoms with van der Waals surface area (Å²) in [7, 11) is 1.75. The van der Waals surface area contributed by atoms with E-state index in [0.717, 1.165) is 12.3 Å². The van der Waals surface area contributed by atoms with Crippen molar-refractivity contribution in [2.24, 2.45) is 0 Å². The maximum absolute atomic E-state index is 5.46. The number of methoxy groups -OCH3 is 1. The summed E-state index contributed by atoms with van der Waals surface area (Å²) in [4.78, 5) is 0. The standard InChI is InChI=1S/C16H27NO/c1-4-6-7-8-12-15(17-5-2)14-11-9-10-13-16(14)18-3/h9-11,13,15,17H,4-8,12H2,1-3H3. The van der Waals surface area contributed by atoms with Crippen molar-refractivity contribution in [2.45, 2.75) is 52.0 Å². The molecular formula is C16H27NO. The van der Waals surface area contributed by atoms with Crippen LogP contribution in [0.15, 0.2) is 24.3 Å². The van der Waals surface area contributed by atoms with E-state index in [1.54, 1.807) is 7.11 Å². The van der Waals surface area contributed by atoms with Crippen molar-refractivity contribution >= 4 is 0 Å². The van der Waals surface area contributed by atoms with Crippen LogP contribution in [-0.2, 0) is 0 Å². The van der Waals surface area contributed by atoms with Crippen molar-refractivity contribution < 1.29 is 4.74 Å². The van der Waals surface area contributed by atoms with E-state index in [1.165, 1.54) is 37.7 Å². The number of hydrogen-bond acceptors (Lipinski definition) is 2. The van der Waals surface area contributed by atoms with Gasteiger partial charge in [0.1, 0.15) is 5.75 Å². The van der Waals surface area contributed by atoms with Gasteiger partial charge in [0.2, 0.25) is 0 Å². The van der Waals surface area contributed by atoms with E-state index in [4.69, 9.17) is 4.74 Å². The summed E-state index contributed by atoms with van der Waals surface area (Å²) in [5.41, 5.74) is 1.29. The molecule has 0 fully saturated rings. The van der Waals surface area contributed by atoms with Crippen molar-refractivity contribution in [3.05, 3.63) is 29.8 Å². The van der Waals surface area contributed by atoms with Gasteiger partial charge < -0.3 is 10.1 Å². The maximum Gasteiger partial charge on any atom is 0.123 e. The molecule has 0 spiro atoms. The molecule has 1 unspecified atom stereocenters. The van der Waals surface area contributed by atoms with E-state index in [1.807, 2.05) is 12.1 Å². The lowest BCUT2D eigenvalue weighted by Gasteiger charge is -2.20. The smallest absolute Gasteiger partial charge is 0.123 e. The van der Waals surface area contributed by atoms with Crippen LogP contribution in [0.2, 0.25) is 0 Å². The van der Waals surface area contributed by atoms with E-state index in [9.17, 15) is 0 Å². The second-order valence-corrected chi connectivity index (χ2v) is 4.70. The van der Waals surface area contributed by atoms with E-state index >= 15 is 0 Å². The van der Waals surface area contributed by atoms with Gasteiger partial charge in [-0.3, -0.25) is 0 Å². The molecule has 1 aromatic rings. The normalized spacial score (nSPS) is 12.4. The highest BCUT2D eigenvalue weighted by Crippen LogP contribution is 2.28. The summed E-state index contributed by atoms with van der Waals surface area (Å²) in [5.74, 6) is 0.999. The molecule has 1 aromatic carbocycles. The third-order valence-corrected chi connectivity index (χ3v) is 3.31. The number of hydrogen-bond donors (Lipinski definition) is 1. The average molecular weight is 249 g/mol. The first kappa shape index (κ1) is 15.0. The summed E-state index contributed by atoms with van der Waals surface area (Å²) < 4.78 is 5.46. The topological polar surface area (TPSA) is 21.3 Å². The Morgan fingerprint density at radius 1 is 1.11 bits per heavy atom. The molecule has 1 atom stereocenters. The van der Waals surface area contributed by atoms with E-state index in [0.29, 0.717) is 6.04 Å². The molecule has 0 radical (unpaired) electrons. The fourth-order valence-electron chi connectivity index (χ4n) is 2.34. The molecular weight excluding hydrogens is 222 g/mol. The molecule has 0 aliphatic rings. The van der Waals surface area contributed by atoms with Crippen LogP contribution in [0.3, 0.4) is 0 Å². The fourth-order valence-corrected chi connectivity index (χ4v) is 2.34. The predicted octanol–water partition coefficient (Wildman–Crippen LogP) is 4.32. The molecule has 0 heterocycles. The Morgan fingerprint density at radius 3 is 2.56 bits per heavy atom. The van der Waals surface area contributed by atoms with E-state index < -0.39 is 0 Å². The Balaban J connectivity index is 2.64. The van der Waals surface area contributed by atoms with E-state index in [2.05, 4.69) is 31.3 Å². The van der Waals surface area contributed by atoms with Gasteiger partial charge >= 0.3 is 0 Å². The Hall–Kier alpha value is -1.02. The molecule has 0 amide bonds. The molecule has 102 valence electrons. The second kappa shape index (κ2) is 8.98. The first-order valence-corrected chi connectivity index (χ1v) is 7.19. The number of ether oxygens (including phenoxy) is 1. The fraction of sp³-hybridized carbons (Fsp3) is 0.625. The van der Waals surface area contributed by atoms with Crippen molar-refractivity contribution in [3.63, 3.8) is 0 Å². The number of para-hydroxylation sites is 1. The van der Waals surface area contributed by atoms with Crippen molar-refractivity contribution in [1.82, 2.24) is 5.32 Å². The minimum absolute atomic E-state index is 0.419. The van der Waals surface area contributed by atoms with Crippen LogP contribution in [0.5, 0.6) is 5.75 Å². The van der Waals surface area contributed by atoms with Crippen LogP contribution in [0.1, 0.15) is 57.6 Å². The third-order valence-electron chi connectivity index (χ3n) is 3.31. The van der Waals surface area contributed by atoms with Gasteiger partial charge in [0, 0.05) is 11.6 Å². The van der Waals surface area contributed by atoms with Crippen molar-refractivity contribution in [1.29, 1.82) is 0 Å². The average Bonchev–Trinajstić information content (AvgIpc) is 2.42. The summed E-state index contributed by atoms with van der Waals surface area (Å²) in [5, 5.41) is 3.57. The number of rotatable bonds is 9. The second-order valence-electron chi connectivity index (χ2n) is 4.70. The van der Waals surface area contributed by atoms with E-state index in [-0.39, 0.29) is 0 Å². The quantitative estimate of drug-likeness (QED) is 0.658. The Labute approximate surface area is 112 Å². The zero-order valence-corrected chi connectivity index (χ0v) is 12.0. The van der Waals surface area contributed by atoms with Gasteiger partial charge in [-0.15, -0.1) is 0 Å². The van der Waals surface area contributed by atoms with Gasteiger partial charge in [0.15, 0.2) is 0 Å². The van der Waals surface area contributed by atoms with Crippen LogP contribution in [-0.4, -0.2) is 13.7 Å². The zero-order chi connectivity index (χ0) is 13.2. The molecule has 18 heavy (non-hydrogen) atoms. The summed E-state index contributed by atoms with van der Waals surface area (Å²) >= 11 is 0. The highest BCUT2D eigenvalue weighted by Gasteiger charge is 2.13. The van der Waals surface area contributed by atoms with Crippen molar-refractivity contribution in [2.75, 3.05) is 13.7 Å². The van der Waals surface area contributed by atoms with Gasteiger partial charge in [0.05, 0.1) is 7.11 Å². The molecule has 0 aromatic heterocycles. The molecule has 2 nitrogen and oxygen atoms in total. The molecule has 0 saturated heterocycles. The number of benzene rings is 1. The maximum atomic E-state index is 5.46. The summed E-state index contributed by atoms with van der Waals surface area (Å²) in [6.07, 6.45) is 6.43. The van der Waals surface area contributed by atoms with Gasteiger partial charge in [-0.05, 0) is 19.0 Å². The Bertz CT molecular complexity index is 325. The van der Waals surface area contributed by atoms with Gasteiger partial charge in [-0.1, -0.05) is 57.7 Å². The molecule has 0 aliphatic carbocycles. The van der Waals surface area contributed by atoms with Crippen LogP contribution < -0.4 is 10.1 Å². The van der Waals surface area contributed by atoms with Crippen LogP contribution in [0, 0.1) is 0 Å². The first-order valence-electron chi connectivity index (χ1n) is 7.19. The summed E-state index contributed by atoms with van der Waals surface area (Å²) in [6.45, 7) is 5.41.